The van der Waals surface area contributed by atoms with Crippen LogP contribution in [0.25, 0.3) is 0 Å². The zero-order chi connectivity index (χ0) is 14.2. The molecule has 4 heteroatoms. The van der Waals surface area contributed by atoms with Gasteiger partial charge in [0, 0.05) is 12.6 Å². The Morgan fingerprint density at radius 1 is 1.25 bits per heavy atom. The van der Waals surface area contributed by atoms with Gasteiger partial charge in [-0.15, -0.1) is 0 Å². The molecule has 1 heterocycles. The quantitative estimate of drug-likeness (QED) is 0.811. The molecule has 1 atom stereocenters. The summed E-state index contributed by atoms with van der Waals surface area (Å²) in [6.45, 7) is 4.01. The van der Waals surface area contributed by atoms with Crippen LogP contribution < -0.4 is 10.1 Å². The van der Waals surface area contributed by atoms with Gasteiger partial charge in [0.25, 0.3) is 0 Å². The number of nitrogens with zero attached hydrogens (tertiary/aromatic N) is 1. The fraction of sp³-hybridized carbons (Fsp3) is 0.625. The molecule has 1 aromatic rings. The van der Waals surface area contributed by atoms with Crippen LogP contribution in [0.5, 0.6) is 5.75 Å². The first-order chi connectivity index (χ1) is 9.75. The number of benzene rings is 1. The third-order valence-electron chi connectivity index (χ3n) is 3.91. The maximum atomic E-state index is 12.8. The Balaban J connectivity index is 1.63. The van der Waals surface area contributed by atoms with E-state index >= 15 is 0 Å². The van der Waals surface area contributed by atoms with E-state index < -0.39 is 0 Å². The van der Waals surface area contributed by atoms with E-state index in [4.69, 9.17) is 4.74 Å². The van der Waals surface area contributed by atoms with E-state index in [1.165, 1.54) is 31.4 Å². The normalized spacial score (nSPS) is 19.9. The average molecular weight is 280 g/mol. The van der Waals surface area contributed by atoms with Gasteiger partial charge in [-0.3, -0.25) is 0 Å². The summed E-state index contributed by atoms with van der Waals surface area (Å²) < 4.78 is 18.4. The molecule has 0 bridgehead atoms. The summed E-state index contributed by atoms with van der Waals surface area (Å²) in [7, 11) is 2.20. The number of hydrogen-bond acceptors (Lipinski definition) is 3. The Labute approximate surface area is 121 Å². The van der Waals surface area contributed by atoms with E-state index in [1.807, 2.05) is 0 Å². The Bertz CT molecular complexity index is 375. The first kappa shape index (κ1) is 15.3. The van der Waals surface area contributed by atoms with E-state index in [-0.39, 0.29) is 5.82 Å². The largest absolute Gasteiger partial charge is 0.494 e. The van der Waals surface area contributed by atoms with Gasteiger partial charge in [0.05, 0.1) is 6.61 Å². The molecule has 0 aliphatic carbocycles. The Kier molecular flexibility index (Phi) is 6.27. The van der Waals surface area contributed by atoms with Crippen LogP contribution in [0, 0.1) is 5.82 Å². The zero-order valence-corrected chi connectivity index (χ0v) is 12.3. The molecular weight excluding hydrogens is 255 g/mol. The lowest BCUT2D eigenvalue weighted by atomic mass is 10.1. The van der Waals surface area contributed by atoms with Gasteiger partial charge >= 0.3 is 0 Å². The maximum absolute atomic E-state index is 12.8. The smallest absolute Gasteiger partial charge is 0.123 e. The van der Waals surface area contributed by atoms with Crippen LogP contribution in [0.4, 0.5) is 4.39 Å². The van der Waals surface area contributed by atoms with Crippen molar-refractivity contribution in [2.45, 2.75) is 31.7 Å². The number of hydrogen-bond donors (Lipinski definition) is 1. The maximum Gasteiger partial charge on any atom is 0.123 e. The summed E-state index contributed by atoms with van der Waals surface area (Å²) >= 11 is 0. The van der Waals surface area contributed by atoms with Crippen LogP contribution in [-0.4, -0.2) is 44.2 Å². The molecule has 2 rings (SSSR count). The van der Waals surface area contributed by atoms with E-state index in [0.717, 1.165) is 31.8 Å². The minimum Gasteiger partial charge on any atom is -0.494 e. The highest BCUT2D eigenvalue weighted by Crippen LogP contribution is 2.13. The number of rotatable bonds is 6. The van der Waals surface area contributed by atoms with Gasteiger partial charge in [-0.2, -0.15) is 0 Å². The van der Waals surface area contributed by atoms with Crippen LogP contribution in [0.3, 0.4) is 0 Å². The van der Waals surface area contributed by atoms with Gasteiger partial charge in [0.1, 0.15) is 11.6 Å². The van der Waals surface area contributed by atoms with Crippen molar-refractivity contribution in [1.82, 2.24) is 10.2 Å². The Hall–Kier alpha value is -1.13. The van der Waals surface area contributed by atoms with Crippen molar-refractivity contribution in [3.05, 3.63) is 30.1 Å². The van der Waals surface area contributed by atoms with E-state index in [0.29, 0.717) is 12.6 Å². The van der Waals surface area contributed by atoms with Crippen molar-refractivity contribution in [2.24, 2.45) is 0 Å². The summed E-state index contributed by atoms with van der Waals surface area (Å²) in [6.07, 6.45) is 4.77. The number of halogens is 1. The lowest BCUT2D eigenvalue weighted by molar-refractivity contribution is 0.201. The molecule has 0 amide bonds. The number of nitrogens with one attached hydrogen (secondary N) is 1. The van der Waals surface area contributed by atoms with Crippen LogP contribution >= 0.6 is 0 Å². The van der Waals surface area contributed by atoms with Crippen molar-refractivity contribution in [3.8, 4) is 5.75 Å². The fourth-order valence-corrected chi connectivity index (χ4v) is 2.66. The monoisotopic (exact) mass is 280 g/mol. The number of ether oxygens (including phenoxy) is 1. The molecule has 1 N–H and O–H groups in total. The van der Waals surface area contributed by atoms with Crippen molar-refractivity contribution in [3.63, 3.8) is 0 Å². The van der Waals surface area contributed by atoms with Crippen molar-refractivity contribution < 1.29 is 9.13 Å². The molecule has 3 nitrogen and oxygen atoms in total. The highest BCUT2D eigenvalue weighted by Gasteiger charge is 2.15. The summed E-state index contributed by atoms with van der Waals surface area (Å²) in [5.41, 5.74) is 0. The summed E-state index contributed by atoms with van der Waals surface area (Å²) in [5, 5.41) is 3.44. The minimum absolute atomic E-state index is 0.223. The van der Waals surface area contributed by atoms with E-state index in [9.17, 15) is 4.39 Å². The SMILES string of the molecule is CN(CCCOc1ccc(F)cc1)C1CCCNCC1. The van der Waals surface area contributed by atoms with Crippen LogP contribution in [0.15, 0.2) is 24.3 Å². The molecule has 1 aromatic carbocycles. The molecule has 0 spiro atoms. The lowest BCUT2D eigenvalue weighted by Gasteiger charge is -2.26. The highest BCUT2D eigenvalue weighted by atomic mass is 19.1. The second-order valence-corrected chi connectivity index (χ2v) is 5.47. The first-order valence-electron chi connectivity index (χ1n) is 7.55. The second kappa shape index (κ2) is 8.22. The zero-order valence-electron chi connectivity index (χ0n) is 12.3. The summed E-state index contributed by atoms with van der Waals surface area (Å²) in [6, 6.07) is 6.90. The highest BCUT2D eigenvalue weighted by molar-refractivity contribution is 5.21. The van der Waals surface area contributed by atoms with Crippen LogP contribution in [0.1, 0.15) is 25.7 Å². The topological polar surface area (TPSA) is 24.5 Å². The predicted molar refractivity (Wildman–Crippen MR) is 79.7 cm³/mol. The van der Waals surface area contributed by atoms with E-state index in [2.05, 4.69) is 17.3 Å². The standard InChI is InChI=1S/C16H25FN2O/c1-19(15-4-2-10-18-11-9-15)12-3-13-20-16-7-5-14(17)6-8-16/h5-8,15,18H,2-4,9-13H2,1H3. The van der Waals surface area contributed by atoms with Gasteiger partial charge in [-0.25, -0.2) is 4.39 Å². The van der Waals surface area contributed by atoms with Gasteiger partial charge in [-0.1, -0.05) is 0 Å². The Morgan fingerprint density at radius 3 is 2.85 bits per heavy atom. The van der Waals surface area contributed by atoms with Crippen molar-refractivity contribution >= 4 is 0 Å². The molecule has 1 aliphatic heterocycles. The predicted octanol–water partition coefficient (Wildman–Crippen LogP) is 2.67. The molecule has 0 saturated carbocycles. The molecular formula is C16H25FN2O. The van der Waals surface area contributed by atoms with Crippen molar-refractivity contribution in [2.75, 3.05) is 33.3 Å². The van der Waals surface area contributed by atoms with Crippen LogP contribution in [0.2, 0.25) is 0 Å². The molecule has 1 saturated heterocycles. The van der Waals surface area contributed by atoms with Gasteiger partial charge in [0.2, 0.25) is 0 Å². The average Bonchev–Trinajstić information content (AvgIpc) is 2.74. The minimum atomic E-state index is -0.223. The molecule has 20 heavy (non-hydrogen) atoms. The third kappa shape index (κ3) is 5.10. The molecule has 112 valence electrons. The molecule has 0 radical (unpaired) electrons. The first-order valence-corrected chi connectivity index (χ1v) is 7.55. The summed E-state index contributed by atoms with van der Waals surface area (Å²) in [4.78, 5) is 2.45. The van der Waals surface area contributed by atoms with E-state index in [1.54, 1.807) is 12.1 Å². The fourth-order valence-electron chi connectivity index (χ4n) is 2.66. The van der Waals surface area contributed by atoms with Crippen molar-refractivity contribution in [1.29, 1.82) is 0 Å². The molecule has 1 aliphatic rings. The second-order valence-electron chi connectivity index (χ2n) is 5.47. The third-order valence-corrected chi connectivity index (χ3v) is 3.91. The molecule has 0 aromatic heterocycles. The summed E-state index contributed by atoms with van der Waals surface area (Å²) in [5.74, 6) is 0.520. The van der Waals surface area contributed by atoms with Gasteiger partial charge < -0.3 is 15.0 Å². The molecule has 1 fully saturated rings. The van der Waals surface area contributed by atoms with Gasteiger partial charge in [0.15, 0.2) is 0 Å². The Morgan fingerprint density at radius 2 is 2.05 bits per heavy atom. The molecule has 1 unspecified atom stereocenters. The van der Waals surface area contributed by atoms with Crippen LogP contribution in [-0.2, 0) is 0 Å². The lowest BCUT2D eigenvalue weighted by Crippen LogP contribution is -2.33. The van der Waals surface area contributed by atoms with Gasteiger partial charge in [-0.05, 0) is 70.1 Å².